The largest absolute Gasteiger partial charge is 0.489 e. The van der Waals surface area contributed by atoms with Crippen molar-refractivity contribution in [2.24, 2.45) is 5.92 Å². The van der Waals surface area contributed by atoms with Gasteiger partial charge in [0.2, 0.25) is 0 Å². The predicted octanol–water partition coefficient (Wildman–Crippen LogP) is 5.74. The van der Waals surface area contributed by atoms with Crippen molar-refractivity contribution in [3.05, 3.63) is 63.6 Å². The molecule has 0 unspecified atom stereocenters. The van der Waals surface area contributed by atoms with Crippen LogP contribution in [0.4, 0.5) is 0 Å². The lowest BCUT2D eigenvalue weighted by Gasteiger charge is -2.14. The van der Waals surface area contributed by atoms with Crippen molar-refractivity contribution >= 4 is 35.6 Å². The van der Waals surface area contributed by atoms with Crippen LogP contribution in [0.15, 0.2) is 42.5 Å². The maximum Gasteiger partial charge on any atom is 0.124 e. The van der Waals surface area contributed by atoms with Crippen LogP contribution in [-0.4, -0.2) is 6.54 Å². The fourth-order valence-electron chi connectivity index (χ4n) is 2.06. The lowest BCUT2D eigenvalue weighted by molar-refractivity contribution is 0.302. The van der Waals surface area contributed by atoms with E-state index in [9.17, 15) is 0 Å². The fraction of sp³-hybridized carbons (Fsp3) is 0.333. The topological polar surface area (TPSA) is 21.3 Å². The van der Waals surface area contributed by atoms with Gasteiger partial charge in [-0.15, -0.1) is 12.4 Å². The molecule has 0 radical (unpaired) electrons. The summed E-state index contributed by atoms with van der Waals surface area (Å²) in [5.41, 5.74) is 2.16. The first-order valence-electron chi connectivity index (χ1n) is 7.41. The summed E-state index contributed by atoms with van der Waals surface area (Å²) in [5.74, 6) is 1.47. The summed E-state index contributed by atoms with van der Waals surface area (Å²) in [5, 5.41) is 4.87. The number of benzene rings is 2. The van der Waals surface area contributed by atoms with Crippen LogP contribution in [0.5, 0.6) is 5.75 Å². The highest BCUT2D eigenvalue weighted by atomic mass is 35.5. The van der Waals surface area contributed by atoms with E-state index in [1.54, 1.807) is 0 Å². The highest BCUT2D eigenvalue weighted by Crippen LogP contribution is 2.24. The molecule has 0 amide bonds. The number of nitrogens with one attached hydrogen (secondary N) is 1. The molecular weight excluding hydrogens is 353 g/mol. The van der Waals surface area contributed by atoms with Crippen LogP contribution in [-0.2, 0) is 13.2 Å². The van der Waals surface area contributed by atoms with Crippen molar-refractivity contribution in [3.8, 4) is 5.75 Å². The summed E-state index contributed by atoms with van der Waals surface area (Å²) in [4.78, 5) is 0. The summed E-state index contributed by atoms with van der Waals surface area (Å²) in [7, 11) is 0. The molecule has 0 atom stereocenters. The van der Waals surface area contributed by atoms with Crippen LogP contribution in [0.3, 0.4) is 0 Å². The Morgan fingerprint density at radius 2 is 1.65 bits per heavy atom. The summed E-state index contributed by atoms with van der Waals surface area (Å²) in [6, 6.07) is 13.4. The Bertz CT molecular complexity index is 600. The molecular formula is C18H22Cl3NO. The number of halogens is 3. The number of ether oxygens (including phenoxy) is 1. The summed E-state index contributed by atoms with van der Waals surface area (Å²) < 4.78 is 5.93. The second-order valence-corrected chi connectivity index (χ2v) is 6.56. The molecule has 1 N–H and O–H groups in total. The fourth-order valence-corrected chi connectivity index (χ4v) is 2.38. The Morgan fingerprint density at radius 1 is 1.00 bits per heavy atom. The molecule has 126 valence electrons. The van der Waals surface area contributed by atoms with Gasteiger partial charge in [0.15, 0.2) is 0 Å². The van der Waals surface area contributed by atoms with Gasteiger partial charge in [-0.1, -0.05) is 49.2 Å². The minimum absolute atomic E-state index is 0. The van der Waals surface area contributed by atoms with E-state index in [2.05, 4.69) is 19.2 Å². The van der Waals surface area contributed by atoms with Crippen molar-refractivity contribution in [2.45, 2.75) is 27.0 Å². The summed E-state index contributed by atoms with van der Waals surface area (Å²) in [6.07, 6.45) is 0. The number of rotatable bonds is 7. The Hall–Kier alpha value is -0.930. The zero-order chi connectivity index (χ0) is 15.9. The minimum atomic E-state index is 0. The molecule has 2 aromatic carbocycles. The molecule has 23 heavy (non-hydrogen) atoms. The van der Waals surface area contributed by atoms with Gasteiger partial charge in [0, 0.05) is 22.2 Å². The molecule has 0 saturated carbocycles. The molecule has 0 spiro atoms. The molecule has 0 aliphatic heterocycles. The predicted molar refractivity (Wildman–Crippen MR) is 101 cm³/mol. The third-order valence-corrected chi connectivity index (χ3v) is 3.69. The first-order valence-corrected chi connectivity index (χ1v) is 8.16. The Balaban J connectivity index is 0.00000264. The SMILES string of the molecule is CC(C)CNCc1cc(Cl)ccc1OCc1ccc(Cl)cc1.Cl. The van der Waals surface area contributed by atoms with Crippen molar-refractivity contribution in [3.63, 3.8) is 0 Å². The summed E-state index contributed by atoms with van der Waals surface area (Å²) >= 11 is 12.0. The average Bonchev–Trinajstić information content (AvgIpc) is 2.48. The molecule has 0 aliphatic rings. The van der Waals surface area contributed by atoms with E-state index in [0.717, 1.165) is 40.0 Å². The van der Waals surface area contributed by atoms with E-state index < -0.39 is 0 Å². The lowest BCUT2D eigenvalue weighted by atomic mass is 10.1. The first-order chi connectivity index (χ1) is 10.5. The first kappa shape index (κ1) is 20.1. The van der Waals surface area contributed by atoms with Crippen LogP contribution in [0, 0.1) is 5.92 Å². The Kier molecular flexibility index (Phi) is 8.78. The minimum Gasteiger partial charge on any atom is -0.489 e. The van der Waals surface area contributed by atoms with Crippen molar-refractivity contribution in [1.82, 2.24) is 5.32 Å². The van der Waals surface area contributed by atoms with E-state index in [1.807, 2.05) is 42.5 Å². The van der Waals surface area contributed by atoms with Crippen LogP contribution in [0.25, 0.3) is 0 Å². The molecule has 2 nitrogen and oxygen atoms in total. The van der Waals surface area contributed by atoms with Crippen LogP contribution >= 0.6 is 35.6 Å². The third-order valence-electron chi connectivity index (χ3n) is 3.20. The maximum atomic E-state index is 6.09. The zero-order valence-electron chi connectivity index (χ0n) is 13.3. The van der Waals surface area contributed by atoms with Gasteiger partial charge in [0.1, 0.15) is 12.4 Å². The monoisotopic (exact) mass is 373 g/mol. The zero-order valence-corrected chi connectivity index (χ0v) is 15.6. The maximum absolute atomic E-state index is 6.09. The molecule has 0 fully saturated rings. The average molecular weight is 375 g/mol. The normalized spacial score (nSPS) is 10.5. The van der Waals surface area contributed by atoms with Crippen LogP contribution < -0.4 is 10.1 Å². The molecule has 0 heterocycles. The second kappa shape index (κ2) is 10.0. The van der Waals surface area contributed by atoms with Gasteiger partial charge in [-0.25, -0.2) is 0 Å². The molecule has 2 aromatic rings. The van der Waals surface area contributed by atoms with Crippen molar-refractivity contribution < 1.29 is 4.74 Å². The van der Waals surface area contributed by atoms with Gasteiger partial charge in [0.05, 0.1) is 0 Å². The van der Waals surface area contributed by atoms with E-state index in [0.29, 0.717) is 12.5 Å². The van der Waals surface area contributed by atoms with E-state index >= 15 is 0 Å². The summed E-state index contributed by atoms with van der Waals surface area (Å²) in [6.45, 7) is 6.58. The van der Waals surface area contributed by atoms with Gasteiger partial charge >= 0.3 is 0 Å². The lowest BCUT2D eigenvalue weighted by Crippen LogP contribution is -2.19. The molecule has 0 bridgehead atoms. The van der Waals surface area contributed by atoms with Gasteiger partial charge in [-0.2, -0.15) is 0 Å². The van der Waals surface area contributed by atoms with E-state index in [-0.39, 0.29) is 12.4 Å². The van der Waals surface area contributed by atoms with Gasteiger partial charge < -0.3 is 10.1 Å². The van der Waals surface area contributed by atoms with Gasteiger partial charge in [0.25, 0.3) is 0 Å². The standard InChI is InChI=1S/C18H21Cl2NO.ClH/c1-13(2)10-21-11-15-9-17(20)7-8-18(15)22-12-14-3-5-16(19)6-4-14;/h3-9,13,21H,10-12H2,1-2H3;1H. The molecule has 0 aromatic heterocycles. The van der Waals surface area contributed by atoms with E-state index in [4.69, 9.17) is 27.9 Å². The van der Waals surface area contributed by atoms with Gasteiger partial charge in [-0.3, -0.25) is 0 Å². The van der Waals surface area contributed by atoms with E-state index in [1.165, 1.54) is 0 Å². The second-order valence-electron chi connectivity index (χ2n) is 5.69. The third kappa shape index (κ3) is 7.01. The molecule has 0 saturated heterocycles. The number of hydrogen-bond acceptors (Lipinski definition) is 2. The highest BCUT2D eigenvalue weighted by Gasteiger charge is 2.06. The smallest absolute Gasteiger partial charge is 0.124 e. The number of hydrogen-bond donors (Lipinski definition) is 1. The highest BCUT2D eigenvalue weighted by molar-refractivity contribution is 6.30. The molecule has 5 heteroatoms. The van der Waals surface area contributed by atoms with Crippen LogP contribution in [0.2, 0.25) is 10.0 Å². The van der Waals surface area contributed by atoms with Crippen molar-refractivity contribution in [2.75, 3.05) is 6.54 Å². The van der Waals surface area contributed by atoms with Crippen molar-refractivity contribution in [1.29, 1.82) is 0 Å². The quantitative estimate of drug-likeness (QED) is 0.667. The molecule has 2 rings (SSSR count). The Morgan fingerprint density at radius 3 is 2.30 bits per heavy atom. The Labute approximate surface area is 154 Å². The van der Waals surface area contributed by atoms with Gasteiger partial charge in [-0.05, 0) is 48.4 Å². The van der Waals surface area contributed by atoms with Crippen LogP contribution in [0.1, 0.15) is 25.0 Å². The molecule has 0 aliphatic carbocycles.